The molecule has 0 saturated carbocycles. The summed E-state index contributed by atoms with van der Waals surface area (Å²) in [6.45, 7) is -0.470. The molecule has 0 saturated heterocycles. The smallest absolute Gasteiger partial charge is 0.292 e. The third kappa shape index (κ3) is 6.19. The molecule has 0 aliphatic heterocycles. The average Bonchev–Trinajstić information content (AvgIpc) is 3.26. The summed E-state index contributed by atoms with van der Waals surface area (Å²) in [5, 5.41) is 8.37. The maximum atomic E-state index is 13.3. The van der Waals surface area contributed by atoms with Gasteiger partial charge in [-0.15, -0.1) is 5.10 Å². The first-order chi connectivity index (χ1) is 17.4. The molecule has 4 rings (SSSR count). The number of ketones is 1. The van der Waals surface area contributed by atoms with Gasteiger partial charge in [0.2, 0.25) is 0 Å². The lowest BCUT2D eigenvalue weighted by Crippen LogP contribution is -2.13. The van der Waals surface area contributed by atoms with Gasteiger partial charge >= 0.3 is 12.4 Å². The van der Waals surface area contributed by atoms with Crippen molar-refractivity contribution in [1.82, 2.24) is 15.0 Å². The van der Waals surface area contributed by atoms with Crippen molar-refractivity contribution in [3.05, 3.63) is 106 Å². The van der Waals surface area contributed by atoms with Crippen molar-refractivity contribution in [2.75, 3.05) is 0 Å². The first-order valence-electron chi connectivity index (χ1n) is 11.0. The van der Waals surface area contributed by atoms with E-state index in [9.17, 15) is 31.1 Å². The first-order valence-corrected chi connectivity index (χ1v) is 11.3. The van der Waals surface area contributed by atoms with Crippen LogP contribution < -0.4 is 0 Å². The summed E-state index contributed by atoms with van der Waals surface area (Å²) in [6.07, 6.45) is -9.65. The molecular weight excluding hydrogens is 520 g/mol. The molecule has 4 aromatic rings. The number of Topliss-reactive ketones (excluding diaryl/α,β-unsaturated/α-hetero) is 1. The largest absolute Gasteiger partial charge is 0.416 e. The zero-order chi connectivity index (χ0) is 26.8. The number of alkyl halides is 6. The Bertz CT molecular complexity index is 1380. The van der Waals surface area contributed by atoms with Gasteiger partial charge in [-0.2, -0.15) is 26.3 Å². The molecule has 1 heterocycles. The van der Waals surface area contributed by atoms with Crippen LogP contribution in [0.25, 0.3) is 11.3 Å². The highest BCUT2D eigenvalue weighted by Crippen LogP contribution is 2.37. The van der Waals surface area contributed by atoms with Crippen molar-refractivity contribution >= 4 is 17.4 Å². The van der Waals surface area contributed by atoms with Crippen molar-refractivity contribution < 1.29 is 31.1 Å². The highest BCUT2D eigenvalue weighted by molar-refractivity contribution is 6.31. The number of benzene rings is 3. The van der Waals surface area contributed by atoms with E-state index < -0.39 is 35.8 Å². The van der Waals surface area contributed by atoms with Gasteiger partial charge in [0.05, 0.1) is 23.4 Å². The Morgan fingerprint density at radius 1 is 0.838 bits per heavy atom. The number of carbonyl (C=O) groups excluding carboxylic acids is 1. The van der Waals surface area contributed by atoms with Gasteiger partial charge in [0.15, 0.2) is 11.5 Å². The van der Waals surface area contributed by atoms with E-state index in [0.717, 1.165) is 10.2 Å². The summed E-state index contributed by atoms with van der Waals surface area (Å²) in [5.74, 6) is -0.398. The van der Waals surface area contributed by atoms with E-state index in [1.807, 2.05) is 0 Å². The second kappa shape index (κ2) is 10.4. The molecule has 0 radical (unpaired) electrons. The zero-order valence-electron chi connectivity index (χ0n) is 18.9. The van der Waals surface area contributed by atoms with Crippen molar-refractivity contribution in [2.24, 2.45) is 0 Å². The summed E-state index contributed by atoms with van der Waals surface area (Å²) in [4.78, 5) is 13.1. The van der Waals surface area contributed by atoms with Crippen LogP contribution in [0.4, 0.5) is 26.3 Å². The number of carbonyl (C=O) groups is 1. The van der Waals surface area contributed by atoms with Gasteiger partial charge in [-0.05, 0) is 41.8 Å². The Labute approximate surface area is 212 Å². The summed E-state index contributed by atoms with van der Waals surface area (Å²) < 4.78 is 81.1. The highest BCUT2D eigenvalue weighted by atomic mass is 35.5. The summed E-state index contributed by atoms with van der Waals surface area (Å²) >= 11 is 6.16. The minimum Gasteiger partial charge on any atom is -0.292 e. The number of halogens is 7. The zero-order valence-corrected chi connectivity index (χ0v) is 19.7. The van der Waals surface area contributed by atoms with Crippen LogP contribution >= 0.6 is 11.6 Å². The molecule has 0 N–H and O–H groups in total. The molecule has 1 aromatic heterocycles. The van der Waals surface area contributed by atoms with Gasteiger partial charge in [0.25, 0.3) is 0 Å². The minimum absolute atomic E-state index is 0.0179. The molecule has 0 aliphatic carbocycles. The lowest BCUT2D eigenvalue weighted by Gasteiger charge is -2.15. The van der Waals surface area contributed by atoms with Crippen LogP contribution in [0.5, 0.6) is 0 Å². The molecule has 37 heavy (non-hydrogen) atoms. The fraction of sp³-hybridized carbons (Fsp3) is 0.192. The summed E-state index contributed by atoms with van der Waals surface area (Å²) in [7, 11) is 0. The monoisotopic (exact) mass is 537 g/mol. The van der Waals surface area contributed by atoms with Crippen LogP contribution in [0.3, 0.4) is 0 Å². The number of hydrogen-bond donors (Lipinski definition) is 0. The SMILES string of the molecule is O=C(CCc1ccccc1Cl)c1nnn(Cc2cc(C(F)(F)F)cc(C(F)(F)F)c2)c1-c1ccccc1. The number of nitrogens with zero attached hydrogens (tertiary/aromatic N) is 3. The Morgan fingerprint density at radius 2 is 1.43 bits per heavy atom. The molecular formula is C26H18ClF6N3O. The first kappa shape index (κ1) is 26.4. The Balaban J connectivity index is 1.72. The Kier molecular flexibility index (Phi) is 7.40. The van der Waals surface area contributed by atoms with Gasteiger partial charge in [0.1, 0.15) is 0 Å². The molecule has 0 bridgehead atoms. The van der Waals surface area contributed by atoms with Crippen LogP contribution in [-0.2, 0) is 25.3 Å². The lowest BCUT2D eigenvalue weighted by molar-refractivity contribution is -0.143. The van der Waals surface area contributed by atoms with Crippen LogP contribution in [0.15, 0.2) is 72.8 Å². The molecule has 0 unspecified atom stereocenters. The predicted molar refractivity (Wildman–Crippen MR) is 125 cm³/mol. The fourth-order valence-electron chi connectivity index (χ4n) is 3.84. The topological polar surface area (TPSA) is 47.8 Å². The standard InChI is InChI=1S/C26H18ClF6N3O/c27-21-9-5-4-6-17(21)10-11-22(37)23-24(18-7-2-1-3-8-18)36(35-34-23)15-16-12-19(25(28,29)30)14-20(13-16)26(31,32)33/h1-9,12-14H,10-11,15H2. The predicted octanol–water partition coefficient (Wildman–Crippen LogP) is 7.50. The Hall–Kier alpha value is -3.66. The second-order valence-corrected chi connectivity index (χ2v) is 8.65. The van der Waals surface area contributed by atoms with Gasteiger partial charge in [0, 0.05) is 17.0 Å². The number of rotatable bonds is 7. The van der Waals surface area contributed by atoms with Gasteiger partial charge in [-0.25, -0.2) is 4.68 Å². The number of aryl methyl sites for hydroxylation is 1. The van der Waals surface area contributed by atoms with E-state index in [4.69, 9.17) is 11.6 Å². The Morgan fingerprint density at radius 3 is 2.03 bits per heavy atom. The van der Waals surface area contributed by atoms with Crippen molar-refractivity contribution in [2.45, 2.75) is 31.7 Å². The van der Waals surface area contributed by atoms with E-state index in [-0.39, 0.29) is 29.4 Å². The highest BCUT2D eigenvalue weighted by Gasteiger charge is 2.37. The lowest BCUT2D eigenvalue weighted by atomic mass is 10.0. The molecule has 0 spiro atoms. The van der Waals surface area contributed by atoms with Gasteiger partial charge < -0.3 is 0 Å². The van der Waals surface area contributed by atoms with Gasteiger partial charge in [-0.3, -0.25) is 4.79 Å². The molecule has 4 nitrogen and oxygen atoms in total. The van der Waals surface area contributed by atoms with E-state index in [0.29, 0.717) is 29.1 Å². The van der Waals surface area contributed by atoms with Crippen molar-refractivity contribution in [3.8, 4) is 11.3 Å². The van der Waals surface area contributed by atoms with Crippen molar-refractivity contribution in [1.29, 1.82) is 0 Å². The quantitative estimate of drug-likeness (QED) is 0.181. The average molecular weight is 538 g/mol. The molecule has 11 heteroatoms. The van der Waals surface area contributed by atoms with E-state index in [1.54, 1.807) is 54.6 Å². The molecule has 0 atom stereocenters. The third-order valence-corrected chi connectivity index (χ3v) is 5.97. The number of aromatic nitrogens is 3. The minimum atomic E-state index is -4.99. The molecule has 192 valence electrons. The summed E-state index contributed by atoms with van der Waals surface area (Å²) in [5.41, 5.74) is -1.78. The molecule has 0 amide bonds. The molecule has 3 aromatic carbocycles. The van der Waals surface area contributed by atoms with Gasteiger partial charge in [-0.1, -0.05) is 65.3 Å². The van der Waals surface area contributed by atoms with Crippen LogP contribution in [0, 0.1) is 0 Å². The molecule has 0 aliphatic rings. The van der Waals surface area contributed by atoms with Crippen molar-refractivity contribution in [3.63, 3.8) is 0 Å². The van der Waals surface area contributed by atoms with Crippen LogP contribution in [0.2, 0.25) is 5.02 Å². The fourth-order valence-corrected chi connectivity index (χ4v) is 4.07. The van der Waals surface area contributed by atoms with Crippen LogP contribution in [0.1, 0.15) is 39.2 Å². The maximum absolute atomic E-state index is 13.3. The maximum Gasteiger partial charge on any atom is 0.416 e. The van der Waals surface area contributed by atoms with E-state index >= 15 is 0 Å². The second-order valence-electron chi connectivity index (χ2n) is 8.24. The van der Waals surface area contributed by atoms with Crippen LogP contribution in [-0.4, -0.2) is 20.8 Å². The third-order valence-electron chi connectivity index (χ3n) is 5.61. The summed E-state index contributed by atoms with van der Waals surface area (Å²) in [6, 6.07) is 16.7. The van der Waals surface area contributed by atoms with E-state index in [1.165, 1.54) is 0 Å². The normalized spacial score (nSPS) is 12.1. The molecule has 0 fully saturated rings. The number of hydrogen-bond acceptors (Lipinski definition) is 3. The van der Waals surface area contributed by atoms with E-state index in [2.05, 4.69) is 10.3 Å².